The first-order valence-electron chi connectivity index (χ1n) is 7.87. The van der Waals surface area contributed by atoms with Gasteiger partial charge in [0.05, 0.1) is 0 Å². The van der Waals surface area contributed by atoms with Crippen LogP contribution < -0.4 is 5.32 Å². The molecule has 3 rings (SSSR count). The van der Waals surface area contributed by atoms with Crippen molar-refractivity contribution in [2.45, 2.75) is 32.1 Å². The Kier molecular flexibility index (Phi) is 4.52. The number of nitrogens with one attached hydrogen (secondary N) is 1. The Balaban J connectivity index is 1.56. The van der Waals surface area contributed by atoms with E-state index in [1.54, 1.807) is 12.1 Å². The van der Waals surface area contributed by atoms with Crippen molar-refractivity contribution in [2.24, 2.45) is 0 Å². The molecule has 2 aromatic carbocycles. The topological polar surface area (TPSA) is 29.1 Å². The average molecular weight is 297 g/mol. The molecule has 0 saturated heterocycles. The second-order valence-corrected chi connectivity index (χ2v) is 5.82. The average Bonchev–Trinajstić information content (AvgIpc) is 2.56. The number of amides is 1. The summed E-state index contributed by atoms with van der Waals surface area (Å²) >= 11 is 0. The van der Waals surface area contributed by atoms with E-state index in [9.17, 15) is 9.18 Å². The Morgan fingerprint density at radius 1 is 1.00 bits per heavy atom. The summed E-state index contributed by atoms with van der Waals surface area (Å²) < 4.78 is 12.8. The molecule has 1 aliphatic carbocycles. The van der Waals surface area contributed by atoms with Crippen molar-refractivity contribution in [2.75, 3.05) is 6.54 Å². The van der Waals surface area contributed by atoms with Crippen LogP contribution in [0.3, 0.4) is 0 Å². The zero-order valence-electron chi connectivity index (χ0n) is 12.6. The standard InChI is InChI=1S/C19H20FNO/c20-18-9-5-14(6-10-18)11-12-21-19(22)17-8-7-15-3-1-2-4-16(15)13-17/h5-10,13H,1-4,11-12H2,(H,21,22). The smallest absolute Gasteiger partial charge is 0.251 e. The summed E-state index contributed by atoms with van der Waals surface area (Å²) in [6.45, 7) is 0.557. The van der Waals surface area contributed by atoms with Crippen LogP contribution in [0.25, 0.3) is 0 Å². The molecule has 2 aromatic rings. The van der Waals surface area contributed by atoms with Crippen LogP contribution in [-0.2, 0) is 19.3 Å². The van der Waals surface area contributed by atoms with Gasteiger partial charge in [-0.05, 0) is 73.1 Å². The molecule has 0 atom stereocenters. The zero-order chi connectivity index (χ0) is 15.4. The maximum absolute atomic E-state index is 12.8. The number of carbonyl (C=O) groups is 1. The molecular formula is C19H20FNO. The number of benzene rings is 2. The normalized spacial score (nSPS) is 13.5. The summed E-state index contributed by atoms with van der Waals surface area (Å²) in [5.41, 5.74) is 4.46. The molecule has 1 aliphatic rings. The molecule has 2 nitrogen and oxygen atoms in total. The van der Waals surface area contributed by atoms with Crippen LogP contribution in [0.2, 0.25) is 0 Å². The van der Waals surface area contributed by atoms with Gasteiger partial charge in [-0.15, -0.1) is 0 Å². The van der Waals surface area contributed by atoms with Gasteiger partial charge >= 0.3 is 0 Å². The second kappa shape index (κ2) is 6.73. The van der Waals surface area contributed by atoms with E-state index in [1.807, 2.05) is 12.1 Å². The molecule has 0 fully saturated rings. The fourth-order valence-electron chi connectivity index (χ4n) is 2.95. The lowest BCUT2D eigenvalue weighted by atomic mass is 9.90. The van der Waals surface area contributed by atoms with Crippen molar-refractivity contribution in [1.29, 1.82) is 0 Å². The van der Waals surface area contributed by atoms with Crippen LogP contribution in [0.5, 0.6) is 0 Å². The van der Waals surface area contributed by atoms with Gasteiger partial charge in [0.1, 0.15) is 5.82 Å². The first-order valence-corrected chi connectivity index (χ1v) is 7.87. The molecule has 1 N–H and O–H groups in total. The lowest BCUT2D eigenvalue weighted by molar-refractivity contribution is 0.0954. The molecule has 0 heterocycles. The third kappa shape index (κ3) is 3.53. The van der Waals surface area contributed by atoms with Gasteiger partial charge in [-0.2, -0.15) is 0 Å². The summed E-state index contributed by atoms with van der Waals surface area (Å²) in [4.78, 5) is 12.2. The molecule has 0 aromatic heterocycles. The van der Waals surface area contributed by atoms with Crippen LogP contribution in [0.1, 0.15) is 39.9 Å². The van der Waals surface area contributed by atoms with E-state index in [-0.39, 0.29) is 11.7 Å². The molecule has 3 heteroatoms. The lowest BCUT2D eigenvalue weighted by Gasteiger charge is -2.16. The summed E-state index contributed by atoms with van der Waals surface area (Å²) in [6, 6.07) is 12.4. The second-order valence-electron chi connectivity index (χ2n) is 5.82. The quantitative estimate of drug-likeness (QED) is 0.916. The number of aryl methyl sites for hydroxylation is 2. The number of rotatable bonds is 4. The monoisotopic (exact) mass is 297 g/mol. The highest BCUT2D eigenvalue weighted by Gasteiger charge is 2.12. The fourth-order valence-corrected chi connectivity index (χ4v) is 2.95. The van der Waals surface area contributed by atoms with Crippen molar-refractivity contribution in [3.63, 3.8) is 0 Å². The predicted octanol–water partition coefficient (Wildman–Crippen LogP) is 3.68. The van der Waals surface area contributed by atoms with E-state index in [0.717, 1.165) is 24.0 Å². The number of hydrogen-bond donors (Lipinski definition) is 1. The third-order valence-corrected chi connectivity index (χ3v) is 4.22. The Hall–Kier alpha value is -2.16. The summed E-state index contributed by atoms with van der Waals surface area (Å²) in [7, 11) is 0. The van der Waals surface area contributed by atoms with Gasteiger partial charge in [0.25, 0.3) is 5.91 Å². The molecule has 22 heavy (non-hydrogen) atoms. The van der Waals surface area contributed by atoms with E-state index in [4.69, 9.17) is 0 Å². The predicted molar refractivity (Wildman–Crippen MR) is 85.5 cm³/mol. The number of fused-ring (bicyclic) bond motifs is 1. The molecule has 0 radical (unpaired) electrons. The van der Waals surface area contributed by atoms with Gasteiger partial charge in [0, 0.05) is 12.1 Å². The minimum atomic E-state index is -0.234. The summed E-state index contributed by atoms with van der Waals surface area (Å²) in [5, 5.41) is 2.94. The zero-order valence-corrected chi connectivity index (χ0v) is 12.6. The Morgan fingerprint density at radius 2 is 1.73 bits per heavy atom. The molecular weight excluding hydrogens is 277 g/mol. The summed E-state index contributed by atoms with van der Waals surface area (Å²) in [5.74, 6) is -0.266. The Bertz CT molecular complexity index is 664. The van der Waals surface area contributed by atoms with Crippen molar-refractivity contribution in [1.82, 2.24) is 5.32 Å². The first-order chi connectivity index (χ1) is 10.7. The maximum atomic E-state index is 12.8. The van der Waals surface area contributed by atoms with Crippen LogP contribution in [0.15, 0.2) is 42.5 Å². The van der Waals surface area contributed by atoms with E-state index in [0.29, 0.717) is 13.0 Å². The van der Waals surface area contributed by atoms with Gasteiger partial charge in [0.15, 0.2) is 0 Å². The van der Waals surface area contributed by atoms with E-state index >= 15 is 0 Å². The lowest BCUT2D eigenvalue weighted by Crippen LogP contribution is -2.26. The molecule has 0 saturated carbocycles. The van der Waals surface area contributed by atoms with E-state index in [2.05, 4.69) is 11.4 Å². The fraction of sp³-hybridized carbons (Fsp3) is 0.316. The number of hydrogen-bond acceptors (Lipinski definition) is 1. The molecule has 0 bridgehead atoms. The highest BCUT2D eigenvalue weighted by molar-refractivity contribution is 5.94. The van der Waals surface area contributed by atoms with Gasteiger partial charge in [-0.1, -0.05) is 18.2 Å². The largest absolute Gasteiger partial charge is 0.352 e. The summed E-state index contributed by atoms with van der Waals surface area (Å²) in [6.07, 6.45) is 5.36. The molecule has 114 valence electrons. The van der Waals surface area contributed by atoms with E-state index < -0.39 is 0 Å². The van der Waals surface area contributed by atoms with Gasteiger partial charge < -0.3 is 5.32 Å². The SMILES string of the molecule is O=C(NCCc1ccc(F)cc1)c1ccc2c(c1)CCCC2. The first kappa shape index (κ1) is 14.8. The number of halogens is 1. The van der Waals surface area contributed by atoms with Crippen molar-refractivity contribution >= 4 is 5.91 Å². The van der Waals surface area contributed by atoms with Crippen LogP contribution >= 0.6 is 0 Å². The van der Waals surface area contributed by atoms with Crippen molar-refractivity contribution < 1.29 is 9.18 Å². The molecule has 1 amide bonds. The van der Waals surface area contributed by atoms with Gasteiger partial charge in [-0.3, -0.25) is 4.79 Å². The Morgan fingerprint density at radius 3 is 2.50 bits per heavy atom. The minimum absolute atomic E-state index is 0.0320. The van der Waals surface area contributed by atoms with Crippen LogP contribution in [-0.4, -0.2) is 12.5 Å². The van der Waals surface area contributed by atoms with Crippen LogP contribution in [0, 0.1) is 5.82 Å². The van der Waals surface area contributed by atoms with Gasteiger partial charge in [-0.25, -0.2) is 4.39 Å². The maximum Gasteiger partial charge on any atom is 0.251 e. The minimum Gasteiger partial charge on any atom is -0.352 e. The number of carbonyl (C=O) groups excluding carboxylic acids is 1. The molecule has 0 aliphatic heterocycles. The van der Waals surface area contributed by atoms with Crippen molar-refractivity contribution in [3.8, 4) is 0 Å². The highest BCUT2D eigenvalue weighted by Crippen LogP contribution is 2.22. The van der Waals surface area contributed by atoms with Crippen LogP contribution in [0.4, 0.5) is 4.39 Å². The highest BCUT2D eigenvalue weighted by atomic mass is 19.1. The van der Waals surface area contributed by atoms with Gasteiger partial charge in [0.2, 0.25) is 0 Å². The third-order valence-electron chi connectivity index (χ3n) is 4.22. The van der Waals surface area contributed by atoms with E-state index in [1.165, 1.54) is 36.1 Å². The molecule has 0 spiro atoms. The molecule has 0 unspecified atom stereocenters. The van der Waals surface area contributed by atoms with Crippen molar-refractivity contribution in [3.05, 3.63) is 70.5 Å². The Labute approximate surface area is 130 Å².